The lowest BCUT2D eigenvalue weighted by Crippen LogP contribution is -2.38. The summed E-state index contributed by atoms with van der Waals surface area (Å²) in [6.45, 7) is 1.57. The van der Waals surface area contributed by atoms with Crippen molar-refractivity contribution >= 4 is 40.1 Å². The minimum Gasteiger partial charge on any atom is -0.340 e. The maximum absolute atomic E-state index is 13.3. The van der Waals surface area contributed by atoms with Gasteiger partial charge in [0.05, 0.1) is 14.8 Å². The molecule has 4 nitrogen and oxygen atoms in total. The number of carbonyl (C=O) groups excluding carboxylic acids is 2. The Hall–Kier alpha value is -1.18. The Morgan fingerprint density at radius 3 is 2.75 bits per heavy atom. The number of hydrogen-bond donors (Lipinski definition) is 2. The molecule has 2 N–H and O–H groups in total. The summed E-state index contributed by atoms with van der Waals surface area (Å²) in [4.78, 5) is 23.2. The zero-order valence-electron chi connectivity index (χ0n) is 8.30. The van der Waals surface area contributed by atoms with Crippen LogP contribution in [0.5, 0.6) is 0 Å². The van der Waals surface area contributed by atoms with E-state index in [9.17, 15) is 14.0 Å². The summed E-state index contributed by atoms with van der Waals surface area (Å²) in [5.41, 5.74) is 0.524. The molecule has 1 aliphatic rings. The lowest BCUT2D eigenvalue weighted by Gasteiger charge is -2.08. The summed E-state index contributed by atoms with van der Waals surface area (Å²) in [5, 5.41) is 5.06. The van der Waals surface area contributed by atoms with E-state index in [2.05, 4.69) is 10.6 Å². The summed E-state index contributed by atoms with van der Waals surface area (Å²) in [6, 6.07) is 1.95. The number of hydrogen-bond acceptors (Lipinski definition) is 2. The van der Waals surface area contributed by atoms with Crippen LogP contribution in [0, 0.1) is 9.39 Å². The summed E-state index contributed by atoms with van der Waals surface area (Å²) >= 11 is 1.76. The van der Waals surface area contributed by atoms with Gasteiger partial charge in [0.15, 0.2) is 0 Å². The van der Waals surface area contributed by atoms with Crippen molar-refractivity contribution < 1.29 is 14.0 Å². The third-order valence-electron chi connectivity index (χ3n) is 2.33. The predicted molar refractivity (Wildman–Crippen MR) is 64.7 cm³/mol. The molecule has 1 unspecified atom stereocenters. The predicted octanol–water partition coefficient (Wildman–Crippen LogP) is 1.50. The minimum absolute atomic E-state index is 0.243. The van der Waals surface area contributed by atoms with Crippen molar-refractivity contribution in [3.05, 3.63) is 27.1 Å². The molecule has 16 heavy (non-hydrogen) atoms. The summed E-state index contributed by atoms with van der Waals surface area (Å²) < 4.78 is 13.5. The standard InChI is InChI=1S/C10H8FIN2O2/c1-4-9(15)14-8-5(10(16)13-4)2-3-6(11)7(8)12/h2-4H,1H3,(H,13,16)(H,14,15). The molecule has 0 radical (unpaired) electrons. The highest BCUT2D eigenvalue weighted by Gasteiger charge is 2.26. The zero-order valence-corrected chi connectivity index (χ0v) is 10.5. The highest BCUT2D eigenvalue weighted by Crippen LogP contribution is 2.27. The molecule has 0 spiro atoms. The fourth-order valence-corrected chi connectivity index (χ4v) is 2.04. The Morgan fingerprint density at radius 2 is 2.06 bits per heavy atom. The van der Waals surface area contributed by atoms with E-state index in [4.69, 9.17) is 0 Å². The van der Waals surface area contributed by atoms with Crippen molar-refractivity contribution in [3.8, 4) is 0 Å². The van der Waals surface area contributed by atoms with Crippen LogP contribution in [0.15, 0.2) is 12.1 Å². The van der Waals surface area contributed by atoms with Crippen molar-refractivity contribution in [2.24, 2.45) is 0 Å². The van der Waals surface area contributed by atoms with E-state index in [1.807, 2.05) is 0 Å². The van der Waals surface area contributed by atoms with Crippen LogP contribution in [-0.4, -0.2) is 17.9 Å². The van der Waals surface area contributed by atoms with E-state index in [0.717, 1.165) is 0 Å². The molecule has 0 aromatic heterocycles. The normalized spacial score (nSPS) is 19.6. The quantitative estimate of drug-likeness (QED) is 0.707. The first-order valence-electron chi connectivity index (χ1n) is 4.60. The lowest BCUT2D eigenvalue weighted by atomic mass is 10.1. The van der Waals surface area contributed by atoms with Crippen molar-refractivity contribution in [1.29, 1.82) is 0 Å². The van der Waals surface area contributed by atoms with Gasteiger partial charge in [0.25, 0.3) is 5.91 Å². The molecule has 1 aliphatic heterocycles. The molecule has 1 heterocycles. The molecule has 2 amide bonds. The minimum atomic E-state index is -0.626. The van der Waals surface area contributed by atoms with Gasteiger partial charge in [0.1, 0.15) is 11.9 Å². The van der Waals surface area contributed by atoms with Gasteiger partial charge in [-0.2, -0.15) is 0 Å². The van der Waals surface area contributed by atoms with Crippen LogP contribution in [0.1, 0.15) is 17.3 Å². The van der Waals surface area contributed by atoms with E-state index in [-0.39, 0.29) is 26.6 Å². The number of anilines is 1. The van der Waals surface area contributed by atoms with E-state index in [1.165, 1.54) is 12.1 Å². The topological polar surface area (TPSA) is 58.2 Å². The first kappa shape index (κ1) is 11.3. The summed E-state index contributed by atoms with van der Waals surface area (Å²) in [7, 11) is 0. The van der Waals surface area contributed by atoms with Gasteiger partial charge in [-0.15, -0.1) is 0 Å². The van der Waals surface area contributed by atoms with Gasteiger partial charge in [-0.1, -0.05) is 0 Å². The summed E-state index contributed by atoms with van der Waals surface area (Å²) in [6.07, 6.45) is 0. The van der Waals surface area contributed by atoms with Gasteiger partial charge in [-0.3, -0.25) is 9.59 Å². The molecule has 1 atom stereocenters. The number of halogens is 2. The van der Waals surface area contributed by atoms with Crippen LogP contribution in [-0.2, 0) is 4.79 Å². The van der Waals surface area contributed by atoms with Crippen molar-refractivity contribution in [2.75, 3.05) is 5.32 Å². The van der Waals surface area contributed by atoms with Gasteiger partial charge in [0.2, 0.25) is 5.91 Å². The fraction of sp³-hybridized carbons (Fsp3) is 0.200. The average Bonchev–Trinajstić information content (AvgIpc) is 2.33. The number of nitrogens with one attached hydrogen (secondary N) is 2. The Labute approximate surface area is 105 Å². The van der Waals surface area contributed by atoms with Gasteiger partial charge < -0.3 is 10.6 Å². The number of carbonyl (C=O) groups is 2. The van der Waals surface area contributed by atoms with E-state index < -0.39 is 11.9 Å². The van der Waals surface area contributed by atoms with E-state index >= 15 is 0 Å². The van der Waals surface area contributed by atoms with Crippen LogP contribution in [0.2, 0.25) is 0 Å². The number of rotatable bonds is 0. The third kappa shape index (κ3) is 1.77. The fourth-order valence-electron chi connectivity index (χ4n) is 1.43. The molecule has 1 aromatic rings. The lowest BCUT2D eigenvalue weighted by molar-refractivity contribution is -0.117. The zero-order chi connectivity index (χ0) is 11.9. The van der Waals surface area contributed by atoms with Gasteiger partial charge >= 0.3 is 0 Å². The molecule has 0 bridgehead atoms. The van der Waals surface area contributed by atoms with Crippen molar-refractivity contribution in [2.45, 2.75) is 13.0 Å². The highest BCUT2D eigenvalue weighted by molar-refractivity contribution is 14.1. The molecular weight excluding hydrogens is 326 g/mol. The monoisotopic (exact) mass is 334 g/mol. The van der Waals surface area contributed by atoms with Gasteiger partial charge in [-0.05, 0) is 41.6 Å². The molecule has 0 aliphatic carbocycles. The number of amides is 2. The Kier molecular flexibility index (Phi) is 2.83. The molecule has 2 rings (SSSR count). The van der Waals surface area contributed by atoms with Crippen LogP contribution in [0.4, 0.5) is 10.1 Å². The number of benzene rings is 1. The van der Waals surface area contributed by atoms with Crippen molar-refractivity contribution in [3.63, 3.8) is 0 Å². The second-order valence-electron chi connectivity index (χ2n) is 3.47. The smallest absolute Gasteiger partial charge is 0.254 e. The first-order chi connectivity index (χ1) is 7.50. The molecule has 84 valence electrons. The Balaban J connectivity index is 2.60. The average molecular weight is 334 g/mol. The van der Waals surface area contributed by atoms with Gasteiger partial charge in [-0.25, -0.2) is 4.39 Å². The Morgan fingerprint density at radius 1 is 1.38 bits per heavy atom. The number of fused-ring (bicyclic) bond motifs is 1. The largest absolute Gasteiger partial charge is 0.340 e. The van der Waals surface area contributed by atoms with Crippen LogP contribution < -0.4 is 10.6 Å². The third-order valence-corrected chi connectivity index (χ3v) is 3.38. The molecule has 1 aromatic carbocycles. The second kappa shape index (κ2) is 4.00. The molecule has 0 saturated heterocycles. The van der Waals surface area contributed by atoms with Gasteiger partial charge in [0, 0.05) is 0 Å². The molecule has 0 saturated carbocycles. The van der Waals surface area contributed by atoms with Crippen molar-refractivity contribution in [1.82, 2.24) is 5.32 Å². The maximum atomic E-state index is 13.3. The second-order valence-corrected chi connectivity index (χ2v) is 4.55. The first-order valence-corrected chi connectivity index (χ1v) is 5.68. The van der Waals surface area contributed by atoms with E-state index in [1.54, 1.807) is 29.5 Å². The SMILES string of the molecule is CC1NC(=O)c2ccc(F)c(I)c2NC1=O. The van der Waals surface area contributed by atoms with Crippen LogP contribution in [0.25, 0.3) is 0 Å². The molecule has 6 heteroatoms. The van der Waals surface area contributed by atoms with Crippen LogP contribution >= 0.6 is 22.6 Å². The Bertz CT molecular complexity index is 490. The molecule has 0 fully saturated rings. The summed E-state index contributed by atoms with van der Waals surface area (Å²) in [5.74, 6) is -1.18. The van der Waals surface area contributed by atoms with Crippen LogP contribution in [0.3, 0.4) is 0 Å². The van der Waals surface area contributed by atoms with E-state index in [0.29, 0.717) is 0 Å². The molecular formula is C10H8FIN2O2. The highest BCUT2D eigenvalue weighted by atomic mass is 127. The maximum Gasteiger partial charge on any atom is 0.254 e.